The van der Waals surface area contributed by atoms with Crippen molar-refractivity contribution >= 4 is 0 Å². The molecule has 0 heterocycles. The van der Waals surface area contributed by atoms with Gasteiger partial charge in [-0.2, -0.15) is 0 Å². The van der Waals surface area contributed by atoms with Crippen LogP contribution in [-0.4, -0.2) is 17.8 Å². The zero-order chi connectivity index (χ0) is 12.0. The summed E-state index contributed by atoms with van der Waals surface area (Å²) in [5.74, 6) is 2.64. The summed E-state index contributed by atoms with van der Waals surface area (Å²) in [6.45, 7) is 4.18. The van der Waals surface area contributed by atoms with Crippen LogP contribution in [0.3, 0.4) is 0 Å². The highest BCUT2D eigenvalue weighted by molar-refractivity contribution is 5.13. The average Bonchev–Trinajstić information content (AvgIpc) is 2.31. The number of rotatable bonds is 5. The Labute approximate surface area is 97.3 Å². The Kier molecular flexibility index (Phi) is 4.54. The molecular formula is C14H18O2. The molecule has 16 heavy (non-hydrogen) atoms. The molecule has 0 aliphatic carbocycles. The molecule has 0 saturated heterocycles. The maximum absolute atomic E-state index is 9.25. The first-order valence-electron chi connectivity index (χ1n) is 5.34. The molecule has 0 amide bonds. The van der Waals surface area contributed by atoms with Gasteiger partial charge in [0.15, 0.2) is 0 Å². The number of ether oxygens (including phenoxy) is 1. The first-order valence-corrected chi connectivity index (χ1v) is 5.34. The minimum absolute atomic E-state index is 0.0654. The molecule has 1 atom stereocenters. The zero-order valence-electron chi connectivity index (χ0n) is 9.81. The third-order valence-corrected chi connectivity index (χ3v) is 2.64. The molecule has 1 unspecified atom stereocenters. The van der Waals surface area contributed by atoms with Gasteiger partial charge in [-0.25, -0.2) is 0 Å². The van der Waals surface area contributed by atoms with E-state index < -0.39 is 5.41 Å². The van der Waals surface area contributed by atoms with Crippen LogP contribution in [0.2, 0.25) is 0 Å². The number of terminal acetylenes is 1. The monoisotopic (exact) mass is 218 g/mol. The fraction of sp³-hybridized carbons (Fsp3) is 0.429. The minimum atomic E-state index is -0.455. The number of aliphatic hydroxyl groups excluding tert-OH is 1. The lowest BCUT2D eigenvalue weighted by Gasteiger charge is -2.28. The van der Waals surface area contributed by atoms with Gasteiger partial charge in [0.2, 0.25) is 0 Å². The van der Waals surface area contributed by atoms with Crippen LogP contribution >= 0.6 is 0 Å². The Balaban J connectivity index is 2.57. The van der Waals surface area contributed by atoms with Gasteiger partial charge >= 0.3 is 0 Å². The Morgan fingerprint density at radius 2 is 2.00 bits per heavy atom. The molecule has 1 rings (SSSR count). The van der Waals surface area contributed by atoms with Gasteiger partial charge in [-0.3, -0.25) is 0 Å². The normalized spacial score (nSPS) is 13.1. The van der Waals surface area contributed by atoms with Gasteiger partial charge < -0.3 is 9.84 Å². The Morgan fingerprint density at radius 3 is 2.50 bits per heavy atom. The van der Waals surface area contributed by atoms with Crippen molar-refractivity contribution in [2.45, 2.75) is 26.6 Å². The quantitative estimate of drug-likeness (QED) is 0.768. The summed E-state index contributed by atoms with van der Waals surface area (Å²) in [4.78, 5) is 0. The lowest BCUT2D eigenvalue weighted by atomic mass is 9.88. The van der Waals surface area contributed by atoms with Gasteiger partial charge in [0.1, 0.15) is 0 Å². The predicted octanol–water partition coefficient (Wildman–Crippen LogP) is 2.22. The third-order valence-electron chi connectivity index (χ3n) is 2.64. The third kappa shape index (κ3) is 3.37. The fourth-order valence-corrected chi connectivity index (χ4v) is 1.35. The van der Waals surface area contributed by atoms with E-state index in [1.165, 1.54) is 0 Å². The predicted molar refractivity (Wildman–Crippen MR) is 64.7 cm³/mol. The van der Waals surface area contributed by atoms with Gasteiger partial charge in [-0.05, 0) is 19.4 Å². The van der Waals surface area contributed by atoms with E-state index in [2.05, 4.69) is 5.92 Å². The highest BCUT2D eigenvalue weighted by Gasteiger charge is 2.27. The van der Waals surface area contributed by atoms with Crippen molar-refractivity contribution in [3.63, 3.8) is 0 Å². The summed E-state index contributed by atoms with van der Waals surface area (Å²) in [5.41, 5.74) is 0.623. The molecule has 0 aromatic heterocycles. The Hall–Kier alpha value is -1.30. The lowest BCUT2D eigenvalue weighted by molar-refractivity contribution is -0.0447. The second-order valence-electron chi connectivity index (χ2n) is 4.33. The molecule has 2 nitrogen and oxygen atoms in total. The van der Waals surface area contributed by atoms with Gasteiger partial charge in [-0.1, -0.05) is 36.3 Å². The number of hydrogen-bond donors (Lipinski definition) is 1. The van der Waals surface area contributed by atoms with Gasteiger partial charge in [0.05, 0.1) is 24.7 Å². The van der Waals surface area contributed by atoms with Crippen molar-refractivity contribution in [2.75, 3.05) is 6.61 Å². The summed E-state index contributed by atoms with van der Waals surface area (Å²) in [5, 5.41) is 9.25. The second-order valence-corrected chi connectivity index (χ2v) is 4.33. The van der Waals surface area contributed by atoms with E-state index in [1.807, 2.05) is 44.2 Å². The van der Waals surface area contributed by atoms with Crippen LogP contribution in [-0.2, 0) is 11.3 Å². The van der Waals surface area contributed by atoms with Gasteiger partial charge in [0, 0.05) is 0 Å². The minimum Gasteiger partial charge on any atom is -0.394 e. The van der Waals surface area contributed by atoms with E-state index in [9.17, 15) is 5.11 Å². The largest absolute Gasteiger partial charge is 0.394 e. The summed E-state index contributed by atoms with van der Waals surface area (Å²) in [7, 11) is 0. The van der Waals surface area contributed by atoms with E-state index in [1.54, 1.807) is 0 Å². The fourth-order valence-electron chi connectivity index (χ4n) is 1.35. The van der Waals surface area contributed by atoms with E-state index in [-0.39, 0.29) is 12.7 Å². The molecule has 0 bridgehead atoms. The zero-order valence-corrected chi connectivity index (χ0v) is 9.81. The first-order chi connectivity index (χ1) is 7.60. The van der Waals surface area contributed by atoms with Crippen molar-refractivity contribution in [2.24, 2.45) is 5.41 Å². The van der Waals surface area contributed by atoms with E-state index >= 15 is 0 Å². The maximum atomic E-state index is 9.25. The van der Waals surface area contributed by atoms with Crippen molar-refractivity contribution in [3.8, 4) is 12.3 Å². The standard InChI is InChI=1S/C14H18O2/c1-4-14(2,3)13(10-15)16-11-12-8-6-5-7-9-12/h1,5-9,13,15H,10-11H2,2-3H3. The summed E-state index contributed by atoms with van der Waals surface area (Å²) in [6.07, 6.45) is 5.08. The van der Waals surface area contributed by atoms with Crippen LogP contribution in [0.15, 0.2) is 30.3 Å². The molecule has 1 aromatic carbocycles. The second kappa shape index (κ2) is 5.69. The van der Waals surface area contributed by atoms with Crippen molar-refractivity contribution in [1.82, 2.24) is 0 Å². The SMILES string of the molecule is C#CC(C)(C)C(CO)OCc1ccccc1. The molecule has 2 heteroatoms. The maximum Gasteiger partial charge on any atom is 0.0969 e. The van der Waals surface area contributed by atoms with Gasteiger partial charge in [0.25, 0.3) is 0 Å². The average molecular weight is 218 g/mol. The van der Waals surface area contributed by atoms with E-state index in [0.717, 1.165) is 5.56 Å². The Bertz CT molecular complexity index is 349. The van der Waals surface area contributed by atoms with Crippen LogP contribution in [0.1, 0.15) is 19.4 Å². The Morgan fingerprint density at radius 1 is 1.38 bits per heavy atom. The van der Waals surface area contributed by atoms with Crippen LogP contribution < -0.4 is 0 Å². The van der Waals surface area contributed by atoms with E-state index in [0.29, 0.717) is 6.61 Å². The summed E-state index contributed by atoms with van der Waals surface area (Å²) < 4.78 is 5.64. The lowest BCUT2D eigenvalue weighted by Crippen LogP contribution is -2.33. The highest BCUT2D eigenvalue weighted by Crippen LogP contribution is 2.22. The number of aliphatic hydroxyl groups is 1. The molecule has 1 aromatic rings. The number of benzene rings is 1. The first kappa shape index (κ1) is 12.8. The van der Waals surface area contributed by atoms with Crippen molar-refractivity contribution in [1.29, 1.82) is 0 Å². The molecule has 86 valence electrons. The molecule has 0 aliphatic rings. The molecular weight excluding hydrogens is 200 g/mol. The van der Waals surface area contributed by atoms with Crippen molar-refractivity contribution in [3.05, 3.63) is 35.9 Å². The van der Waals surface area contributed by atoms with Crippen molar-refractivity contribution < 1.29 is 9.84 Å². The number of hydrogen-bond acceptors (Lipinski definition) is 2. The molecule has 0 aliphatic heterocycles. The summed E-state index contributed by atoms with van der Waals surface area (Å²) in [6, 6.07) is 9.84. The van der Waals surface area contributed by atoms with Gasteiger partial charge in [-0.15, -0.1) is 6.42 Å². The smallest absolute Gasteiger partial charge is 0.0969 e. The topological polar surface area (TPSA) is 29.5 Å². The molecule has 1 N–H and O–H groups in total. The van der Waals surface area contributed by atoms with E-state index in [4.69, 9.17) is 11.2 Å². The van der Waals surface area contributed by atoms with Crippen LogP contribution in [0.5, 0.6) is 0 Å². The molecule has 0 radical (unpaired) electrons. The molecule has 0 spiro atoms. The van der Waals surface area contributed by atoms with Crippen LogP contribution in [0, 0.1) is 17.8 Å². The molecule has 0 saturated carbocycles. The molecule has 0 fully saturated rings. The highest BCUT2D eigenvalue weighted by atomic mass is 16.5. The van der Waals surface area contributed by atoms with Crippen LogP contribution in [0.25, 0.3) is 0 Å². The van der Waals surface area contributed by atoms with Crippen LogP contribution in [0.4, 0.5) is 0 Å². The summed E-state index contributed by atoms with van der Waals surface area (Å²) >= 11 is 0.